The Morgan fingerprint density at radius 2 is 2.27 bits per heavy atom. The SMILES string of the molecule is CC1(C)C2CC=CC1(CO)C2. The lowest BCUT2D eigenvalue weighted by atomic mass is 9.42. The van der Waals surface area contributed by atoms with Crippen molar-refractivity contribution in [3.8, 4) is 0 Å². The van der Waals surface area contributed by atoms with Crippen LogP contribution in [0, 0.1) is 16.7 Å². The van der Waals surface area contributed by atoms with Crippen molar-refractivity contribution in [2.24, 2.45) is 16.7 Å². The Balaban J connectivity index is 2.34. The summed E-state index contributed by atoms with van der Waals surface area (Å²) in [5.74, 6) is 0.819. The van der Waals surface area contributed by atoms with Crippen LogP contribution in [-0.4, -0.2) is 11.7 Å². The molecule has 0 aromatic rings. The monoisotopic (exact) mass is 152 g/mol. The zero-order chi connectivity index (χ0) is 8.11. The molecular weight excluding hydrogens is 136 g/mol. The van der Waals surface area contributed by atoms with Gasteiger partial charge >= 0.3 is 0 Å². The van der Waals surface area contributed by atoms with Gasteiger partial charge in [0.15, 0.2) is 0 Å². The molecule has 2 atom stereocenters. The smallest absolute Gasteiger partial charge is 0.0527 e. The first-order valence-electron chi connectivity index (χ1n) is 4.41. The maximum Gasteiger partial charge on any atom is 0.0527 e. The first-order valence-corrected chi connectivity index (χ1v) is 4.41. The van der Waals surface area contributed by atoms with Gasteiger partial charge in [-0.1, -0.05) is 26.0 Å². The molecule has 0 radical (unpaired) electrons. The number of hydrogen-bond donors (Lipinski definition) is 1. The van der Waals surface area contributed by atoms with Gasteiger partial charge < -0.3 is 5.11 Å². The molecule has 1 saturated carbocycles. The molecule has 0 heterocycles. The van der Waals surface area contributed by atoms with Gasteiger partial charge in [0.25, 0.3) is 0 Å². The summed E-state index contributed by atoms with van der Waals surface area (Å²) in [7, 11) is 0. The third-order valence-electron chi connectivity index (χ3n) is 4.05. The van der Waals surface area contributed by atoms with E-state index in [9.17, 15) is 5.11 Å². The largest absolute Gasteiger partial charge is 0.395 e. The third-order valence-corrected chi connectivity index (χ3v) is 4.05. The highest BCUT2D eigenvalue weighted by molar-refractivity contribution is 5.22. The van der Waals surface area contributed by atoms with E-state index in [0.29, 0.717) is 12.0 Å². The molecular formula is C10H16O. The van der Waals surface area contributed by atoms with Crippen molar-refractivity contribution >= 4 is 0 Å². The van der Waals surface area contributed by atoms with Gasteiger partial charge in [0.1, 0.15) is 0 Å². The molecule has 0 spiro atoms. The van der Waals surface area contributed by atoms with E-state index in [2.05, 4.69) is 26.0 Å². The predicted molar refractivity (Wildman–Crippen MR) is 45.2 cm³/mol. The Morgan fingerprint density at radius 1 is 1.55 bits per heavy atom. The Bertz CT molecular complexity index is 205. The van der Waals surface area contributed by atoms with Crippen molar-refractivity contribution in [1.82, 2.24) is 0 Å². The topological polar surface area (TPSA) is 20.2 Å². The Hall–Kier alpha value is -0.300. The maximum atomic E-state index is 9.27. The summed E-state index contributed by atoms with van der Waals surface area (Å²) < 4.78 is 0. The van der Waals surface area contributed by atoms with Gasteiger partial charge in [0, 0.05) is 5.41 Å². The molecule has 1 heteroatoms. The van der Waals surface area contributed by atoms with Crippen LogP contribution in [0.3, 0.4) is 0 Å². The van der Waals surface area contributed by atoms with Crippen LogP contribution in [0.1, 0.15) is 26.7 Å². The van der Waals surface area contributed by atoms with Gasteiger partial charge in [-0.2, -0.15) is 0 Å². The first kappa shape index (κ1) is 7.35. The average molecular weight is 152 g/mol. The van der Waals surface area contributed by atoms with Gasteiger partial charge in [0.05, 0.1) is 6.61 Å². The number of fused-ring (bicyclic) bond motifs is 1. The van der Waals surface area contributed by atoms with E-state index in [1.807, 2.05) is 0 Å². The summed E-state index contributed by atoms with van der Waals surface area (Å²) in [4.78, 5) is 0. The van der Waals surface area contributed by atoms with Crippen molar-refractivity contribution in [3.05, 3.63) is 12.2 Å². The normalized spacial score (nSPS) is 45.2. The van der Waals surface area contributed by atoms with E-state index < -0.39 is 0 Å². The second-order valence-electron chi connectivity index (χ2n) is 4.58. The molecule has 11 heavy (non-hydrogen) atoms. The summed E-state index contributed by atoms with van der Waals surface area (Å²) in [6.07, 6.45) is 6.88. The molecule has 1 nitrogen and oxygen atoms in total. The fourth-order valence-corrected chi connectivity index (χ4v) is 2.67. The van der Waals surface area contributed by atoms with Crippen molar-refractivity contribution in [2.75, 3.05) is 6.61 Å². The average Bonchev–Trinajstić information content (AvgIpc) is 2.04. The lowest BCUT2D eigenvalue weighted by Crippen LogP contribution is -2.57. The maximum absolute atomic E-state index is 9.27. The van der Waals surface area contributed by atoms with Crippen molar-refractivity contribution in [1.29, 1.82) is 0 Å². The Kier molecular flexibility index (Phi) is 1.26. The van der Waals surface area contributed by atoms with E-state index in [4.69, 9.17) is 0 Å². The summed E-state index contributed by atoms with van der Waals surface area (Å²) in [5, 5.41) is 9.27. The minimum atomic E-state index is 0.135. The zero-order valence-electron chi connectivity index (χ0n) is 7.30. The molecule has 0 aromatic heterocycles. The molecule has 2 unspecified atom stereocenters. The zero-order valence-corrected chi connectivity index (χ0v) is 7.30. The van der Waals surface area contributed by atoms with Crippen LogP contribution in [0.4, 0.5) is 0 Å². The fraction of sp³-hybridized carbons (Fsp3) is 0.800. The van der Waals surface area contributed by atoms with Gasteiger partial charge in [0.2, 0.25) is 0 Å². The number of hydrogen-bond acceptors (Lipinski definition) is 1. The van der Waals surface area contributed by atoms with Crippen LogP contribution in [-0.2, 0) is 0 Å². The lowest BCUT2D eigenvalue weighted by Gasteiger charge is -2.62. The molecule has 3 rings (SSSR count). The van der Waals surface area contributed by atoms with Gasteiger partial charge in [-0.05, 0) is 24.2 Å². The van der Waals surface area contributed by atoms with Crippen LogP contribution in [0.2, 0.25) is 0 Å². The summed E-state index contributed by atoms with van der Waals surface area (Å²) >= 11 is 0. The number of aliphatic hydroxyl groups is 1. The second kappa shape index (κ2) is 1.89. The minimum absolute atomic E-state index is 0.135. The highest BCUT2D eigenvalue weighted by Gasteiger charge is 2.58. The van der Waals surface area contributed by atoms with E-state index in [1.165, 1.54) is 12.8 Å². The third kappa shape index (κ3) is 0.652. The fourth-order valence-electron chi connectivity index (χ4n) is 2.67. The number of rotatable bonds is 1. The van der Waals surface area contributed by atoms with E-state index in [0.717, 1.165) is 5.92 Å². The number of aliphatic hydroxyl groups excluding tert-OH is 1. The lowest BCUT2D eigenvalue weighted by molar-refractivity contribution is -0.121. The predicted octanol–water partition coefficient (Wildman–Crippen LogP) is 1.97. The summed E-state index contributed by atoms with van der Waals surface area (Å²) in [5.41, 5.74) is 0.479. The second-order valence-corrected chi connectivity index (χ2v) is 4.58. The summed E-state index contributed by atoms with van der Waals surface area (Å²) in [6, 6.07) is 0. The molecule has 3 aliphatic carbocycles. The molecule has 2 bridgehead atoms. The Labute approximate surface area is 68.1 Å². The first-order chi connectivity index (χ1) is 5.12. The molecule has 0 amide bonds. The Morgan fingerprint density at radius 3 is 2.64 bits per heavy atom. The van der Waals surface area contributed by atoms with Crippen molar-refractivity contribution in [2.45, 2.75) is 26.7 Å². The number of allylic oxidation sites excluding steroid dienone is 1. The van der Waals surface area contributed by atoms with Gasteiger partial charge in [-0.25, -0.2) is 0 Å². The summed E-state index contributed by atoms with van der Waals surface area (Å²) in [6.45, 7) is 4.88. The minimum Gasteiger partial charge on any atom is -0.395 e. The highest BCUT2D eigenvalue weighted by atomic mass is 16.3. The van der Waals surface area contributed by atoms with E-state index >= 15 is 0 Å². The molecule has 1 fully saturated rings. The van der Waals surface area contributed by atoms with Gasteiger partial charge in [-0.3, -0.25) is 0 Å². The van der Waals surface area contributed by atoms with Crippen molar-refractivity contribution < 1.29 is 5.11 Å². The van der Waals surface area contributed by atoms with Crippen LogP contribution in [0.25, 0.3) is 0 Å². The molecule has 0 saturated heterocycles. The standard InChI is InChI=1S/C10H16O/c1-9(2)8-4-3-5-10(9,6-8)7-11/h3,5,8,11H,4,6-7H2,1-2H3. The van der Waals surface area contributed by atoms with E-state index in [-0.39, 0.29) is 5.41 Å². The van der Waals surface area contributed by atoms with Gasteiger partial charge in [-0.15, -0.1) is 0 Å². The van der Waals surface area contributed by atoms with Crippen LogP contribution in [0.15, 0.2) is 12.2 Å². The quantitative estimate of drug-likeness (QED) is 0.569. The highest BCUT2D eigenvalue weighted by Crippen LogP contribution is 2.64. The molecule has 3 aliphatic rings. The van der Waals surface area contributed by atoms with Crippen molar-refractivity contribution in [3.63, 3.8) is 0 Å². The molecule has 0 aliphatic heterocycles. The van der Waals surface area contributed by atoms with Crippen LogP contribution in [0.5, 0.6) is 0 Å². The van der Waals surface area contributed by atoms with Crippen LogP contribution >= 0.6 is 0 Å². The molecule has 0 aromatic carbocycles. The molecule has 1 N–H and O–H groups in total. The van der Waals surface area contributed by atoms with Crippen LogP contribution < -0.4 is 0 Å². The van der Waals surface area contributed by atoms with E-state index in [1.54, 1.807) is 0 Å². The molecule has 62 valence electrons.